The molecule has 1 aromatic carbocycles. The van der Waals surface area contributed by atoms with Crippen molar-refractivity contribution >= 4 is 5.97 Å². The van der Waals surface area contributed by atoms with Crippen LogP contribution in [0.1, 0.15) is 19.4 Å². The van der Waals surface area contributed by atoms with E-state index in [1.54, 1.807) is 21.0 Å². The summed E-state index contributed by atoms with van der Waals surface area (Å²) in [6.07, 6.45) is 0.537. The molecule has 116 valence electrons. The van der Waals surface area contributed by atoms with Gasteiger partial charge in [-0.05, 0) is 38.9 Å². The number of methoxy groups -OCH3 is 1. The van der Waals surface area contributed by atoms with Crippen LogP contribution in [-0.2, 0) is 11.2 Å². The minimum Gasteiger partial charge on any atom is -0.493 e. The molecule has 0 atom stereocenters. The number of nitrogens with zero attached hydrogens (tertiary/aromatic N) is 1. The topological polar surface area (TPSA) is 59.0 Å². The number of likely N-dealkylation sites (tertiary alicyclic amines) is 1. The van der Waals surface area contributed by atoms with E-state index in [-0.39, 0.29) is 6.10 Å². The maximum Gasteiger partial charge on any atom is 0.309 e. The van der Waals surface area contributed by atoms with Crippen molar-refractivity contribution in [2.24, 2.45) is 5.41 Å². The number of ether oxygens (including phenoxy) is 2. The van der Waals surface area contributed by atoms with Gasteiger partial charge in [-0.2, -0.15) is 0 Å². The molecule has 1 aromatic rings. The van der Waals surface area contributed by atoms with Crippen LogP contribution >= 0.6 is 0 Å². The molecule has 21 heavy (non-hydrogen) atoms. The van der Waals surface area contributed by atoms with Gasteiger partial charge in [0.2, 0.25) is 0 Å². The minimum atomic E-state index is -0.846. The van der Waals surface area contributed by atoms with Crippen LogP contribution in [0.5, 0.6) is 11.5 Å². The number of aliphatic carboxylic acids is 1. The third-order valence-corrected chi connectivity index (χ3v) is 3.81. The Hall–Kier alpha value is -1.75. The second-order valence-electron chi connectivity index (χ2n) is 6.28. The van der Waals surface area contributed by atoms with Crippen LogP contribution in [0.2, 0.25) is 0 Å². The Morgan fingerprint density at radius 1 is 1.43 bits per heavy atom. The second kappa shape index (κ2) is 5.93. The van der Waals surface area contributed by atoms with Crippen molar-refractivity contribution in [1.29, 1.82) is 0 Å². The molecule has 0 unspecified atom stereocenters. The molecule has 0 amide bonds. The molecule has 2 rings (SSSR count). The van der Waals surface area contributed by atoms with E-state index in [0.717, 1.165) is 18.7 Å². The summed E-state index contributed by atoms with van der Waals surface area (Å²) in [6.45, 7) is 5.19. The van der Waals surface area contributed by atoms with Gasteiger partial charge in [-0.1, -0.05) is 12.1 Å². The lowest BCUT2D eigenvalue weighted by Gasteiger charge is -2.37. The van der Waals surface area contributed by atoms with Crippen molar-refractivity contribution in [3.05, 3.63) is 23.8 Å². The largest absolute Gasteiger partial charge is 0.493 e. The number of para-hydroxylation sites is 1. The highest BCUT2D eigenvalue weighted by atomic mass is 16.5. The third kappa shape index (κ3) is 3.47. The van der Waals surface area contributed by atoms with Crippen LogP contribution in [0.25, 0.3) is 0 Å². The number of carbonyl (C=O) groups is 1. The van der Waals surface area contributed by atoms with Gasteiger partial charge >= 0.3 is 5.97 Å². The maximum atomic E-state index is 11.3. The van der Waals surface area contributed by atoms with Crippen molar-refractivity contribution in [1.82, 2.24) is 4.90 Å². The molecule has 0 aliphatic carbocycles. The molecule has 0 bridgehead atoms. The lowest BCUT2D eigenvalue weighted by Crippen LogP contribution is -2.51. The standard InChI is InChI=1S/C16H23NO4/c1-16(2,15(18)19)8-11-6-5-7-13(20-4)14(11)21-12-9-17(3)10-12/h5-7,12H,8-10H2,1-4H3,(H,18,19). The summed E-state index contributed by atoms with van der Waals surface area (Å²) in [5.41, 5.74) is 0.0252. The Balaban J connectivity index is 2.25. The van der Waals surface area contributed by atoms with Gasteiger partial charge < -0.3 is 14.6 Å². The predicted molar refractivity (Wildman–Crippen MR) is 80.0 cm³/mol. The summed E-state index contributed by atoms with van der Waals surface area (Å²) < 4.78 is 11.4. The normalized spacial score (nSPS) is 16.4. The smallest absolute Gasteiger partial charge is 0.309 e. The minimum absolute atomic E-state index is 0.137. The average Bonchev–Trinajstić information content (AvgIpc) is 2.38. The number of likely N-dealkylation sites (N-methyl/N-ethyl adjacent to an activating group) is 1. The Bertz CT molecular complexity index is 521. The number of carboxylic acids is 1. The van der Waals surface area contributed by atoms with Gasteiger partial charge in [-0.25, -0.2) is 0 Å². The summed E-state index contributed by atoms with van der Waals surface area (Å²) in [5.74, 6) is 0.510. The fourth-order valence-electron chi connectivity index (χ4n) is 2.43. The highest BCUT2D eigenvalue weighted by Crippen LogP contribution is 2.36. The number of hydrogen-bond donors (Lipinski definition) is 1. The van der Waals surface area contributed by atoms with Crippen molar-refractivity contribution < 1.29 is 19.4 Å². The fraction of sp³-hybridized carbons (Fsp3) is 0.562. The monoisotopic (exact) mass is 293 g/mol. The lowest BCUT2D eigenvalue weighted by atomic mass is 9.85. The van der Waals surface area contributed by atoms with Crippen molar-refractivity contribution in [2.75, 3.05) is 27.2 Å². The van der Waals surface area contributed by atoms with Crippen molar-refractivity contribution in [3.63, 3.8) is 0 Å². The molecule has 5 nitrogen and oxygen atoms in total. The molecule has 1 fully saturated rings. The number of rotatable bonds is 6. The van der Waals surface area contributed by atoms with E-state index in [9.17, 15) is 9.90 Å². The Morgan fingerprint density at radius 3 is 2.62 bits per heavy atom. The van der Waals surface area contributed by atoms with Crippen LogP contribution in [0.3, 0.4) is 0 Å². The summed E-state index contributed by atoms with van der Waals surface area (Å²) in [4.78, 5) is 13.5. The Kier molecular flexibility index (Phi) is 4.42. The zero-order valence-corrected chi connectivity index (χ0v) is 13.0. The van der Waals surface area contributed by atoms with E-state index in [1.807, 2.05) is 25.2 Å². The van der Waals surface area contributed by atoms with E-state index in [0.29, 0.717) is 17.9 Å². The molecule has 1 aliphatic heterocycles. The van der Waals surface area contributed by atoms with Gasteiger partial charge in [0.15, 0.2) is 11.5 Å². The highest BCUT2D eigenvalue weighted by molar-refractivity contribution is 5.74. The Labute approximate surface area is 125 Å². The fourth-order valence-corrected chi connectivity index (χ4v) is 2.43. The molecular weight excluding hydrogens is 270 g/mol. The average molecular weight is 293 g/mol. The van der Waals surface area contributed by atoms with E-state index in [1.165, 1.54) is 0 Å². The summed E-state index contributed by atoms with van der Waals surface area (Å²) >= 11 is 0. The molecule has 0 radical (unpaired) electrons. The first-order chi connectivity index (χ1) is 9.83. The van der Waals surface area contributed by atoms with Crippen LogP contribution in [-0.4, -0.2) is 49.3 Å². The highest BCUT2D eigenvalue weighted by Gasteiger charge is 2.31. The Morgan fingerprint density at radius 2 is 2.10 bits per heavy atom. The molecule has 0 spiro atoms. The van der Waals surface area contributed by atoms with Crippen LogP contribution in [0, 0.1) is 5.41 Å². The molecule has 1 heterocycles. The van der Waals surface area contributed by atoms with Crippen molar-refractivity contribution in [3.8, 4) is 11.5 Å². The summed E-state index contributed by atoms with van der Waals surface area (Å²) in [7, 11) is 3.64. The van der Waals surface area contributed by atoms with Crippen LogP contribution in [0.4, 0.5) is 0 Å². The van der Waals surface area contributed by atoms with E-state index < -0.39 is 11.4 Å². The summed E-state index contributed by atoms with van der Waals surface area (Å²) in [6, 6.07) is 5.62. The molecule has 0 saturated carbocycles. The van der Waals surface area contributed by atoms with Crippen LogP contribution < -0.4 is 9.47 Å². The van der Waals surface area contributed by atoms with E-state index in [2.05, 4.69) is 4.90 Å². The van der Waals surface area contributed by atoms with Gasteiger partial charge in [0.05, 0.1) is 12.5 Å². The first-order valence-corrected chi connectivity index (χ1v) is 7.08. The van der Waals surface area contributed by atoms with Gasteiger partial charge in [-0.3, -0.25) is 9.69 Å². The molecule has 1 N–H and O–H groups in total. The molecule has 1 aliphatic rings. The predicted octanol–water partition coefficient (Wildman–Crippen LogP) is 2.04. The first kappa shape index (κ1) is 15.6. The SMILES string of the molecule is COc1cccc(CC(C)(C)C(=O)O)c1OC1CN(C)C1. The zero-order chi connectivity index (χ0) is 15.6. The zero-order valence-electron chi connectivity index (χ0n) is 13.0. The van der Waals surface area contributed by atoms with Gasteiger partial charge in [0, 0.05) is 13.1 Å². The van der Waals surface area contributed by atoms with E-state index >= 15 is 0 Å². The molecule has 5 heteroatoms. The van der Waals surface area contributed by atoms with Crippen LogP contribution in [0.15, 0.2) is 18.2 Å². The van der Waals surface area contributed by atoms with Gasteiger partial charge in [0.25, 0.3) is 0 Å². The number of carboxylic acid groups (broad SMARTS) is 1. The second-order valence-corrected chi connectivity index (χ2v) is 6.28. The third-order valence-electron chi connectivity index (χ3n) is 3.81. The lowest BCUT2D eigenvalue weighted by molar-refractivity contribution is -0.146. The molecule has 0 aromatic heterocycles. The maximum absolute atomic E-state index is 11.3. The van der Waals surface area contributed by atoms with Gasteiger partial charge in [0.1, 0.15) is 6.10 Å². The molecular formula is C16H23NO4. The summed E-state index contributed by atoms with van der Waals surface area (Å²) in [5, 5.41) is 9.32. The molecule has 1 saturated heterocycles. The quantitative estimate of drug-likeness (QED) is 0.870. The first-order valence-electron chi connectivity index (χ1n) is 7.08. The number of hydrogen-bond acceptors (Lipinski definition) is 4. The van der Waals surface area contributed by atoms with Crippen molar-refractivity contribution in [2.45, 2.75) is 26.4 Å². The number of benzene rings is 1. The van der Waals surface area contributed by atoms with Gasteiger partial charge in [-0.15, -0.1) is 0 Å². The van der Waals surface area contributed by atoms with E-state index in [4.69, 9.17) is 9.47 Å².